The van der Waals surface area contributed by atoms with Crippen molar-refractivity contribution in [1.82, 2.24) is 4.98 Å². The van der Waals surface area contributed by atoms with Gasteiger partial charge in [-0.3, -0.25) is 0 Å². The van der Waals surface area contributed by atoms with Crippen LogP contribution in [0.5, 0.6) is 0 Å². The van der Waals surface area contributed by atoms with E-state index in [1.807, 2.05) is 0 Å². The van der Waals surface area contributed by atoms with Crippen LogP contribution in [0, 0.1) is 0 Å². The molecule has 0 spiro atoms. The van der Waals surface area contributed by atoms with Gasteiger partial charge in [0.2, 0.25) is 10.8 Å². The zero-order valence-corrected chi connectivity index (χ0v) is 9.17. The zero-order valence-electron chi connectivity index (χ0n) is 6.77. The van der Waals surface area contributed by atoms with E-state index in [9.17, 15) is 8.42 Å². The van der Waals surface area contributed by atoms with Gasteiger partial charge in [-0.05, 0) is 22.0 Å². The van der Waals surface area contributed by atoms with Crippen LogP contribution in [0.15, 0.2) is 32.3 Å². The minimum absolute atomic E-state index is 0.247. The Balaban J connectivity index is 2.75. The molecule has 2 N–H and O–H groups in total. The van der Waals surface area contributed by atoms with Gasteiger partial charge in [0.25, 0.3) is 10.0 Å². The summed E-state index contributed by atoms with van der Waals surface area (Å²) in [5.74, 6) is 0. The van der Waals surface area contributed by atoms with E-state index >= 15 is 0 Å². The molecule has 0 fully saturated rings. The van der Waals surface area contributed by atoms with Crippen LogP contribution < -0.4 is 5.14 Å². The predicted molar refractivity (Wildman–Crippen MR) is 53.1 cm³/mol. The highest BCUT2D eigenvalue weighted by Gasteiger charge is 2.14. The van der Waals surface area contributed by atoms with E-state index in [2.05, 4.69) is 20.9 Å². The second-order valence-corrected chi connectivity index (χ2v) is 5.07. The molecule has 0 aliphatic heterocycles. The first-order valence-corrected chi connectivity index (χ1v) is 5.88. The molecular formula is C7H5BrN2O3S. The Bertz CT molecular complexity index is 590. The molecule has 2 aromatic rings. The fraction of sp³-hybridized carbons (Fsp3) is 0. The van der Waals surface area contributed by atoms with Crippen LogP contribution in [0.1, 0.15) is 0 Å². The Labute approximate surface area is 88.1 Å². The minimum Gasteiger partial charge on any atom is -0.425 e. The molecular weight excluding hydrogens is 272 g/mol. The molecule has 14 heavy (non-hydrogen) atoms. The van der Waals surface area contributed by atoms with Crippen LogP contribution in [0.2, 0.25) is 0 Å². The maximum Gasteiger partial charge on any atom is 0.271 e. The summed E-state index contributed by atoms with van der Waals surface area (Å²) in [7, 11) is -3.80. The first-order valence-electron chi connectivity index (χ1n) is 3.55. The monoisotopic (exact) mass is 276 g/mol. The number of halogens is 1. The second kappa shape index (κ2) is 3.04. The molecule has 0 saturated heterocycles. The Morgan fingerprint density at radius 2 is 2.14 bits per heavy atom. The van der Waals surface area contributed by atoms with Crippen molar-refractivity contribution in [2.45, 2.75) is 5.09 Å². The molecule has 0 atom stereocenters. The standard InChI is InChI=1S/C7H5BrN2O3S/c8-5-1-4-2-6(14(9,11)12)13-7(4)10-3-5/h1-3H,(H2,9,11,12). The van der Waals surface area contributed by atoms with Gasteiger partial charge in [-0.25, -0.2) is 18.5 Å². The summed E-state index contributed by atoms with van der Waals surface area (Å²) in [6.07, 6.45) is 1.51. The molecule has 0 aliphatic rings. The summed E-state index contributed by atoms with van der Waals surface area (Å²) in [4.78, 5) is 3.88. The molecule has 7 heteroatoms. The van der Waals surface area contributed by atoms with Gasteiger partial charge in [0.1, 0.15) is 0 Å². The van der Waals surface area contributed by atoms with Crippen molar-refractivity contribution in [2.24, 2.45) is 5.14 Å². The molecule has 0 aliphatic carbocycles. The quantitative estimate of drug-likeness (QED) is 0.849. The SMILES string of the molecule is NS(=O)(=O)c1cc2cc(Br)cnc2o1. The minimum atomic E-state index is -3.80. The summed E-state index contributed by atoms with van der Waals surface area (Å²) in [6, 6.07) is 3.03. The van der Waals surface area contributed by atoms with Crippen molar-refractivity contribution >= 4 is 37.1 Å². The van der Waals surface area contributed by atoms with Crippen molar-refractivity contribution in [3.8, 4) is 0 Å². The van der Waals surface area contributed by atoms with Crippen molar-refractivity contribution < 1.29 is 12.8 Å². The lowest BCUT2D eigenvalue weighted by atomic mass is 10.3. The Morgan fingerprint density at radius 3 is 2.79 bits per heavy atom. The molecule has 2 rings (SSSR count). The Morgan fingerprint density at radius 1 is 1.43 bits per heavy atom. The van der Waals surface area contributed by atoms with Gasteiger partial charge < -0.3 is 4.42 Å². The molecule has 0 aromatic carbocycles. The molecule has 2 aromatic heterocycles. The molecule has 0 bridgehead atoms. The largest absolute Gasteiger partial charge is 0.425 e. The lowest BCUT2D eigenvalue weighted by molar-refractivity contribution is 0.475. The number of pyridine rings is 1. The first kappa shape index (κ1) is 9.63. The third-order valence-electron chi connectivity index (χ3n) is 1.60. The van der Waals surface area contributed by atoms with Gasteiger partial charge in [-0.15, -0.1) is 0 Å². The van der Waals surface area contributed by atoms with Gasteiger partial charge >= 0.3 is 0 Å². The van der Waals surface area contributed by atoms with Crippen LogP contribution in [0.4, 0.5) is 0 Å². The number of aromatic nitrogens is 1. The van der Waals surface area contributed by atoms with Crippen LogP contribution in [0.3, 0.4) is 0 Å². The number of primary sulfonamides is 1. The number of rotatable bonds is 1. The van der Waals surface area contributed by atoms with Crippen molar-refractivity contribution in [1.29, 1.82) is 0 Å². The third kappa shape index (κ3) is 1.66. The number of hydrogen-bond acceptors (Lipinski definition) is 4. The van der Waals surface area contributed by atoms with E-state index < -0.39 is 10.0 Å². The van der Waals surface area contributed by atoms with Crippen molar-refractivity contribution in [3.63, 3.8) is 0 Å². The molecule has 2 heterocycles. The summed E-state index contributed by atoms with van der Waals surface area (Å²) >= 11 is 3.21. The maximum atomic E-state index is 10.9. The summed E-state index contributed by atoms with van der Waals surface area (Å²) in [6.45, 7) is 0. The normalized spacial score (nSPS) is 12.1. The zero-order chi connectivity index (χ0) is 10.3. The van der Waals surface area contributed by atoms with Crippen LogP contribution in [-0.2, 0) is 10.0 Å². The van der Waals surface area contributed by atoms with Crippen LogP contribution in [0.25, 0.3) is 11.1 Å². The van der Waals surface area contributed by atoms with E-state index in [4.69, 9.17) is 9.56 Å². The molecule has 0 radical (unpaired) electrons. The molecule has 0 unspecified atom stereocenters. The first-order chi connectivity index (χ1) is 6.47. The fourth-order valence-corrected chi connectivity index (χ4v) is 1.86. The topological polar surface area (TPSA) is 86.2 Å². The number of furan rings is 1. The van der Waals surface area contributed by atoms with Gasteiger partial charge in [0, 0.05) is 22.1 Å². The number of nitrogens with zero attached hydrogens (tertiary/aromatic N) is 1. The van der Waals surface area contributed by atoms with Crippen LogP contribution >= 0.6 is 15.9 Å². The number of nitrogens with two attached hydrogens (primary N) is 1. The van der Waals surface area contributed by atoms with Crippen molar-refractivity contribution in [3.05, 3.63) is 22.8 Å². The van der Waals surface area contributed by atoms with Crippen LogP contribution in [-0.4, -0.2) is 13.4 Å². The van der Waals surface area contributed by atoms with E-state index in [0.717, 1.165) is 4.47 Å². The second-order valence-electron chi connectivity index (χ2n) is 2.66. The maximum absolute atomic E-state index is 10.9. The molecule has 5 nitrogen and oxygen atoms in total. The fourth-order valence-electron chi connectivity index (χ4n) is 1.02. The van der Waals surface area contributed by atoms with E-state index in [1.54, 1.807) is 6.07 Å². The molecule has 74 valence electrons. The summed E-state index contributed by atoms with van der Waals surface area (Å²) in [5.41, 5.74) is 0.247. The third-order valence-corrected chi connectivity index (χ3v) is 2.79. The summed E-state index contributed by atoms with van der Waals surface area (Å²) < 4.78 is 27.5. The lowest BCUT2D eigenvalue weighted by Crippen LogP contribution is -2.10. The molecule has 0 amide bonds. The highest BCUT2D eigenvalue weighted by molar-refractivity contribution is 9.10. The number of sulfonamides is 1. The number of hydrogen-bond donors (Lipinski definition) is 1. The van der Waals surface area contributed by atoms with Gasteiger partial charge in [0.05, 0.1) is 0 Å². The van der Waals surface area contributed by atoms with Gasteiger partial charge in [-0.1, -0.05) is 0 Å². The summed E-state index contributed by atoms with van der Waals surface area (Å²) in [5, 5.41) is 5.20. The highest BCUT2D eigenvalue weighted by atomic mass is 79.9. The molecule has 0 saturated carbocycles. The highest BCUT2D eigenvalue weighted by Crippen LogP contribution is 2.22. The average Bonchev–Trinajstić information content (AvgIpc) is 2.45. The van der Waals surface area contributed by atoms with E-state index in [0.29, 0.717) is 5.39 Å². The predicted octanol–water partition coefficient (Wildman–Crippen LogP) is 1.24. The number of fused-ring (bicyclic) bond motifs is 1. The Kier molecular flexibility index (Phi) is 2.09. The Hall–Kier alpha value is -0.920. The van der Waals surface area contributed by atoms with Crippen molar-refractivity contribution in [2.75, 3.05) is 0 Å². The van der Waals surface area contributed by atoms with E-state index in [-0.39, 0.29) is 10.8 Å². The lowest BCUT2D eigenvalue weighted by Gasteiger charge is -1.87. The van der Waals surface area contributed by atoms with Gasteiger partial charge in [0.15, 0.2) is 0 Å². The smallest absolute Gasteiger partial charge is 0.271 e. The average molecular weight is 277 g/mol. The van der Waals surface area contributed by atoms with Gasteiger partial charge in [-0.2, -0.15) is 0 Å². The van der Waals surface area contributed by atoms with E-state index in [1.165, 1.54) is 12.3 Å².